The Morgan fingerprint density at radius 3 is 1.89 bits per heavy atom. The highest BCUT2D eigenvalue weighted by atomic mass is 16.1. The van der Waals surface area contributed by atoms with Crippen LogP contribution >= 0.6 is 0 Å². The molecule has 0 unspecified atom stereocenters. The lowest BCUT2D eigenvalue weighted by Gasteiger charge is -2.19. The van der Waals surface area contributed by atoms with Gasteiger partial charge in [0.2, 0.25) is 0 Å². The van der Waals surface area contributed by atoms with Crippen molar-refractivity contribution in [2.75, 3.05) is 0 Å². The molecule has 3 aromatic rings. The van der Waals surface area contributed by atoms with E-state index in [0.717, 1.165) is 16.7 Å². The molecule has 0 saturated heterocycles. The smallest absolute Gasteiger partial charge is 0.194 e. The summed E-state index contributed by atoms with van der Waals surface area (Å²) in [5.41, 5.74) is 6.25. The quantitative estimate of drug-likeness (QED) is 0.405. The van der Waals surface area contributed by atoms with Crippen LogP contribution in [0, 0.1) is 6.92 Å². The van der Waals surface area contributed by atoms with Gasteiger partial charge in [-0.15, -0.1) is 0 Å². The zero-order valence-electron chi connectivity index (χ0n) is 16.7. The fraction of sp³-hybridized carbons (Fsp3) is 0.154. The molecule has 0 heterocycles. The number of rotatable bonds is 2. The number of carbonyl (C=O) groups is 2. The van der Waals surface area contributed by atoms with Gasteiger partial charge >= 0.3 is 0 Å². The molecular weight excluding hydrogens is 344 g/mol. The molecular formula is C26H24O2. The molecule has 2 nitrogen and oxygen atoms in total. The van der Waals surface area contributed by atoms with Crippen molar-refractivity contribution in [1.82, 2.24) is 0 Å². The van der Waals surface area contributed by atoms with E-state index in [1.807, 2.05) is 51.1 Å². The van der Waals surface area contributed by atoms with E-state index in [0.29, 0.717) is 22.3 Å². The summed E-state index contributed by atoms with van der Waals surface area (Å²) in [5.74, 6) is -0.169. The number of hydrogen-bond acceptors (Lipinski definition) is 2. The third kappa shape index (κ3) is 3.22. The molecule has 0 aliphatic heterocycles. The molecule has 4 rings (SSSR count). The number of aryl methyl sites for hydroxylation is 1. The Kier molecular flexibility index (Phi) is 5.70. The van der Waals surface area contributed by atoms with Crippen LogP contribution < -0.4 is 0 Å². The number of allylic oxidation sites excluding steroid dienone is 1. The molecule has 0 spiro atoms. The average molecular weight is 368 g/mol. The van der Waals surface area contributed by atoms with Crippen LogP contribution in [0.3, 0.4) is 0 Å². The topological polar surface area (TPSA) is 34.1 Å². The molecule has 0 saturated carbocycles. The molecule has 0 atom stereocenters. The highest BCUT2D eigenvalue weighted by Gasteiger charge is 2.29. The Hall–Kier alpha value is -3.26. The Balaban J connectivity index is 0.00000109. The van der Waals surface area contributed by atoms with Gasteiger partial charge in [-0.2, -0.15) is 0 Å². The van der Waals surface area contributed by atoms with Gasteiger partial charge in [-0.1, -0.05) is 74.5 Å². The SMILES string of the molecule is C/C=C\c1c(C)cccc1-c1ccc2c(c1)C(=O)c1ccccc1C2=O.CC. The number of carbonyl (C=O) groups excluding carboxylic acids is 2. The molecule has 0 bridgehead atoms. The summed E-state index contributed by atoms with van der Waals surface area (Å²) in [5, 5.41) is 0. The Labute approximate surface area is 166 Å². The first-order valence-corrected chi connectivity index (χ1v) is 9.67. The predicted molar refractivity (Wildman–Crippen MR) is 116 cm³/mol. The third-order valence-electron chi connectivity index (χ3n) is 4.89. The van der Waals surface area contributed by atoms with Crippen LogP contribution in [0.15, 0.2) is 66.7 Å². The second-order valence-corrected chi connectivity index (χ2v) is 6.50. The fourth-order valence-corrected chi connectivity index (χ4v) is 3.59. The van der Waals surface area contributed by atoms with Crippen LogP contribution in [0.5, 0.6) is 0 Å². The minimum atomic E-state index is -0.0858. The van der Waals surface area contributed by atoms with Crippen molar-refractivity contribution in [3.05, 3.63) is 100 Å². The highest BCUT2D eigenvalue weighted by Crippen LogP contribution is 2.33. The standard InChI is InChI=1S/C24H18O2.C2H6/c1-3-7-17-15(2)8-6-11-18(17)16-12-13-21-22(14-16)24(26)20-10-5-4-9-19(20)23(21)25;1-2/h3-14H,1-2H3;1-2H3/b7-3-;. The molecule has 2 heteroatoms. The van der Waals surface area contributed by atoms with Crippen molar-refractivity contribution >= 4 is 17.6 Å². The number of benzene rings is 3. The van der Waals surface area contributed by atoms with Crippen molar-refractivity contribution in [3.8, 4) is 11.1 Å². The van der Waals surface area contributed by atoms with Crippen LogP contribution in [0.1, 0.15) is 63.7 Å². The summed E-state index contributed by atoms with van der Waals surface area (Å²) >= 11 is 0. The van der Waals surface area contributed by atoms with Crippen LogP contribution in [-0.2, 0) is 0 Å². The first-order valence-electron chi connectivity index (χ1n) is 9.67. The van der Waals surface area contributed by atoms with E-state index in [4.69, 9.17) is 0 Å². The lowest BCUT2D eigenvalue weighted by molar-refractivity contribution is 0.0979. The maximum absolute atomic E-state index is 12.9. The van der Waals surface area contributed by atoms with Crippen LogP contribution in [0.2, 0.25) is 0 Å². The Morgan fingerprint density at radius 2 is 1.25 bits per heavy atom. The van der Waals surface area contributed by atoms with Crippen molar-refractivity contribution in [3.63, 3.8) is 0 Å². The van der Waals surface area contributed by atoms with Crippen molar-refractivity contribution in [2.24, 2.45) is 0 Å². The third-order valence-corrected chi connectivity index (χ3v) is 4.89. The Bertz CT molecular complexity index is 1090. The van der Waals surface area contributed by atoms with Gasteiger partial charge in [-0.05, 0) is 48.2 Å². The molecule has 0 fully saturated rings. The molecule has 140 valence electrons. The normalized spacial score (nSPS) is 12.3. The molecule has 1 aliphatic carbocycles. The lowest BCUT2D eigenvalue weighted by Crippen LogP contribution is -2.20. The zero-order valence-corrected chi connectivity index (χ0v) is 16.7. The van der Waals surface area contributed by atoms with E-state index in [1.54, 1.807) is 30.3 Å². The van der Waals surface area contributed by atoms with Gasteiger partial charge in [0.05, 0.1) is 0 Å². The highest BCUT2D eigenvalue weighted by molar-refractivity contribution is 6.28. The predicted octanol–water partition coefficient (Wildman–Crippen LogP) is 6.50. The van der Waals surface area contributed by atoms with Crippen LogP contribution in [0.4, 0.5) is 0 Å². The van der Waals surface area contributed by atoms with Gasteiger partial charge in [-0.3, -0.25) is 9.59 Å². The van der Waals surface area contributed by atoms with Crippen LogP contribution in [-0.4, -0.2) is 11.6 Å². The summed E-state index contributed by atoms with van der Waals surface area (Å²) in [7, 11) is 0. The zero-order chi connectivity index (χ0) is 20.3. The van der Waals surface area contributed by atoms with Crippen molar-refractivity contribution in [1.29, 1.82) is 0 Å². The number of hydrogen-bond donors (Lipinski definition) is 0. The van der Waals surface area contributed by atoms with Gasteiger partial charge in [-0.25, -0.2) is 0 Å². The lowest BCUT2D eigenvalue weighted by atomic mass is 9.82. The fourth-order valence-electron chi connectivity index (χ4n) is 3.59. The van der Waals surface area contributed by atoms with E-state index >= 15 is 0 Å². The first kappa shape index (κ1) is 19.5. The maximum Gasteiger partial charge on any atom is 0.194 e. The molecule has 1 aliphatic rings. The van der Waals surface area contributed by atoms with Crippen molar-refractivity contribution in [2.45, 2.75) is 27.7 Å². The second-order valence-electron chi connectivity index (χ2n) is 6.50. The van der Waals surface area contributed by atoms with Gasteiger partial charge in [0.25, 0.3) is 0 Å². The van der Waals surface area contributed by atoms with Crippen molar-refractivity contribution < 1.29 is 9.59 Å². The minimum Gasteiger partial charge on any atom is -0.289 e. The summed E-state index contributed by atoms with van der Waals surface area (Å²) in [6.07, 6.45) is 4.08. The number of ketones is 2. The average Bonchev–Trinajstić information content (AvgIpc) is 2.74. The largest absolute Gasteiger partial charge is 0.289 e. The molecule has 0 aromatic heterocycles. The van der Waals surface area contributed by atoms with Gasteiger partial charge in [0, 0.05) is 22.3 Å². The van der Waals surface area contributed by atoms with E-state index in [9.17, 15) is 9.59 Å². The van der Waals surface area contributed by atoms with Gasteiger partial charge in [0.15, 0.2) is 11.6 Å². The van der Waals surface area contributed by atoms with E-state index in [-0.39, 0.29) is 11.6 Å². The molecule has 0 N–H and O–H groups in total. The van der Waals surface area contributed by atoms with Crippen LogP contribution in [0.25, 0.3) is 17.2 Å². The van der Waals surface area contributed by atoms with E-state index < -0.39 is 0 Å². The maximum atomic E-state index is 12.9. The van der Waals surface area contributed by atoms with Gasteiger partial charge < -0.3 is 0 Å². The summed E-state index contributed by atoms with van der Waals surface area (Å²) in [6.45, 7) is 8.06. The van der Waals surface area contributed by atoms with E-state index in [2.05, 4.69) is 19.1 Å². The second kappa shape index (κ2) is 8.18. The summed E-state index contributed by atoms with van der Waals surface area (Å²) < 4.78 is 0. The Morgan fingerprint density at radius 1 is 0.679 bits per heavy atom. The molecule has 0 amide bonds. The molecule has 3 aromatic carbocycles. The minimum absolute atomic E-state index is 0.0836. The summed E-state index contributed by atoms with van der Waals surface area (Å²) in [4.78, 5) is 25.7. The van der Waals surface area contributed by atoms with E-state index in [1.165, 1.54) is 5.56 Å². The number of fused-ring (bicyclic) bond motifs is 2. The first-order chi connectivity index (χ1) is 13.6. The van der Waals surface area contributed by atoms with Gasteiger partial charge in [0.1, 0.15) is 0 Å². The molecule has 28 heavy (non-hydrogen) atoms. The summed E-state index contributed by atoms with van der Waals surface area (Å²) in [6, 6.07) is 18.7. The molecule has 0 radical (unpaired) electrons. The monoisotopic (exact) mass is 368 g/mol.